The number of rotatable bonds is 9. The van der Waals surface area contributed by atoms with Crippen LogP contribution >= 0.6 is 0 Å². The first-order valence-electron chi connectivity index (χ1n) is 11.7. The second-order valence-electron chi connectivity index (χ2n) is 8.98. The highest BCUT2D eigenvalue weighted by atomic mass is 16.5. The van der Waals surface area contributed by atoms with E-state index in [2.05, 4.69) is 25.8 Å². The summed E-state index contributed by atoms with van der Waals surface area (Å²) in [4.78, 5) is 29.5. The van der Waals surface area contributed by atoms with E-state index in [-0.39, 0.29) is 23.1 Å². The summed E-state index contributed by atoms with van der Waals surface area (Å²) in [5, 5.41) is 13.3. The van der Waals surface area contributed by atoms with Gasteiger partial charge in [0.2, 0.25) is 5.88 Å². The normalized spacial score (nSPS) is 13.7. The Morgan fingerprint density at radius 1 is 1.06 bits per heavy atom. The molecule has 2 aromatic carbocycles. The fraction of sp³-hybridized carbons (Fsp3) is 0.259. The Labute approximate surface area is 208 Å². The Balaban J connectivity index is 1.32. The molecule has 36 heavy (non-hydrogen) atoms. The van der Waals surface area contributed by atoms with Crippen LogP contribution in [0.2, 0.25) is 0 Å². The highest BCUT2D eigenvalue weighted by molar-refractivity contribution is 6.05. The van der Waals surface area contributed by atoms with Gasteiger partial charge in [-0.1, -0.05) is 24.3 Å². The number of carbonyl (C=O) groups is 2. The van der Waals surface area contributed by atoms with Crippen LogP contribution in [0.15, 0.2) is 60.8 Å². The van der Waals surface area contributed by atoms with Gasteiger partial charge in [0.05, 0.1) is 19.2 Å². The molecule has 3 N–H and O–H groups in total. The lowest BCUT2D eigenvalue weighted by Crippen LogP contribution is -2.33. The van der Waals surface area contributed by atoms with Gasteiger partial charge in [-0.15, -0.1) is 0 Å². The number of nitrogens with one attached hydrogen (secondary N) is 3. The van der Waals surface area contributed by atoms with Crippen molar-refractivity contribution in [3.8, 4) is 22.8 Å². The largest absolute Gasteiger partial charge is 0.493 e. The van der Waals surface area contributed by atoms with Gasteiger partial charge in [0.1, 0.15) is 11.3 Å². The molecular formula is C27H27N5O4. The summed E-state index contributed by atoms with van der Waals surface area (Å²) in [6, 6.07) is 17.0. The number of fused-ring (bicyclic) bond motifs is 1. The third kappa shape index (κ3) is 4.72. The Morgan fingerprint density at radius 3 is 2.58 bits per heavy atom. The number of H-pyrrole nitrogens is 1. The van der Waals surface area contributed by atoms with Crippen LogP contribution in [-0.4, -0.2) is 54.3 Å². The third-order valence-electron chi connectivity index (χ3n) is 6.50. The van der Waals surface area contributed by atoms with Crippen LogP contribution in [0.25, 0.3) is 22.0 Å². The highest BCUT2D eigenvalue weighted by Crippen LogP contribution is 2.45. The van der Waals surface area contributed by atoms with Gasteiger partial charge in [0.15, 0.2) is 5.69 Å². The molecule has 0 radical (unpaired) electrons. The van der Waals surface area contributed by atoms with E-state index in [0.29, 0.717) is 35.3 Å². The van der Waals surface area contributed by atoms with Crippen molar-refractivity contribution in [1.82, 2.24) is 25.8 Å². The van der Waals surface area contributed by atoms with Crippen LogP contribution in [0, 0.1) is 5.41 Å². The summed E-state index contributed by atoms with van der Waals surface area (Å²) >= 11 is 0. The smallest absolute Gasteiger partial charge is 0.272 e. The number of amides is 2. The second kappa shape index (κ2) is 9.69. The van der Waals surface area contributed by atoms with Crippen molar-refractivity contribution in [2.75, 3.05) is 27.3 Å². The third-order valence-corrected chi connectivity index (χ3v) is 6.50. The molecule has 2 heterocycles. The first-order valence-corrected chi connectivity index (χ1v) is 11.7. The summed E-state index contributed by atoms with van der Waals surface area (Å²) in [5.74, 6) is 0.565. The van der Waals surface area contributed by atoms with Crippen LogP contribution in [-0.2, 0) is 0 Å². The van der Waals surface area contributed by atoms with E-state index in [4.69, 9.17) is 9.47 Å². The Kier molecular flexibility index (Phi) is 6.28. The van der Waals surface area contributed by atoms with E-state index in [1.807, 2.05) is 48.5 Å². The van der Waals surface area contributed by atoms with Crippen molar-refractivity contribution >= 4 is 22.7 Å². The standard InChI is InChI=1S/C27H27N5O4/c1-28-25(34)23-20-9-8-17(13-22(20)31-32-23)18-12-21(26(35-2)29-14-18)24(33)30-15-27(10-11-27)16-36-19-6-4-3-5-7-19/h3-9,12-14H,10-11,15-16H2,1-2H3,(H,28,34)(H,30,33)(H,31,32). The molecule has 2 amide bonds. The predicted octanol–water partition coefficient (Wildman–Crippen LogP) is 3.58. The van der Waals surface area contributed by atoms with Crippen molar-refractivity contribution in [3.63, 3.8) is 0 Å². The second-order valence-corrected chi connectivity index (χ2v) is 8.98. The van der Waals surface area contributed by atoms with E-state index in [1.54, 1.807) is 19.3 Å². The first-order chi connectivity index (χ1) is 17.5. The molecule has 1 saturated carbocycles. The van der Waals surface area contributed by atoms with E-state index < -0.39 is 0 Å². The van der Waals surface area contributed by atoms with Crippen molar-refractivity contribution < 1.29 is 19.1 Å². The number of ether oxygens (including phenoxy) is 2. The molecule has 0 saturated heterocycles. The number of methoxy groups -OCH3 is 1. The average molecular weight is 486 g/mol. The molecule has 1 aliphatic rings. The number of aromatic amines is 1. The van der Waals surface area contributed by atoms with Gasteiger partial charge in [-0.05, 0) is 48.7 Å². The number of nitrogens with zero attached hydrogens (tertiary/aromatic N) is 2. The molecule has 4 aromatic rings. The lowest BCUT2D eigenvalue weighted by atomic mass is 10.0. The van der Waals surface area contributed by atoms with Crippen molar-refractivity contribution in [2.24, 2.45) is 5.41 Å². The van der Waals surface area contributed by atoms with Gasteiger partial charge in [-0.3, -0.25) is 14.7 Å². The van der Waals surface area contributed by atoms with E-state index >= 15 is 0 Å². The molecule has 184 valence electrons. The maximum absolute atomic E-state index is 13.1. The Bertz CT molecular complexity index is 1410. The predicted molar refractivity (Wildman–Crippen MR) is 135 cm³/mol. The Hall–Kier alpha value is -4.40. The van der Waals surface area contributed by atoms with Crippen molar-refractivity contribution in [1.29, 1.82) is 0 Å². The molecule has 0 atom stereocenters. The average Bonchev–Trinajstić information content (AvgIpc) is 3.58. The summed E-state index contributed by atoms with van der Waals surface area (Å²) in [6.45, 7) is 1.06. The number of carbonyl (C=O) groups excluding carboxylic acids is 2. The van der Waals surface area contributed by atoms with Crippen LogP contribution < -0.4 is 20.1 Å². The van der Waals surface area contributed by atoms with E-state index in [9.17, 15) is 9.59 Å². The minimum Gasteiger partial charge on any atom is -0.493 e. The molecule has 5 rings (SSSR count). The monoisotopic (exact) mass is 485 g/mol. The quantitative estimate of drug-likeness (QED) is 0.334. The van der Waals surface area contributed by atoms with Crippen molar-refractivity contribution in [2.45, 2.75) is 12.8 Å². The molecule has 9 heteroatoms. The zero-order valence-electron chi connectivity index (χ0n) is 20.1. The van der Waals surface area contributed by atoms with Gasteiger partial charge in [0.25, 0.3) is 11.8 Å². The zero-order chi connectivity index (χ0) is 25.1. The molecule has 0 aliphatic heterocycles. The summed E-state index contributed by atoms with van der Waals surface area (Å²) in [7, 11) is 3.06. The van der Waals surface area contributed by atoms with E-state index in [1.165, 1.54) is 7.11 Å². The molecule has 1 aliphatic carbocycles. The topological polar surface area (TPSA) is 118 Å². The number of benzene rings is 2. The molecule has 1 fully saturated rings. The minimum atomic E-state index is -0.262. The number of pyridine rings is 1. The fourth-order valence-corrected chi connectivity index (χ4v) is 4.09. The van der Waals surface area contributed by atoms with Gasteiger partial charge in [-0.2, -0.15) is 5.10 Å². The van der Waals surface area contributed by atoms with Gasteiger partial charge in [0, 0.05) is 36.2 Å². The molecule has 2 aromatic heterocycles. The SMILES string of the molecule is CNC(=O)c1n[nH]c2cc(-c3cnc(OC)c(C(=O)NCC4(COc5ccccc5)CC4)c3)ccc12. The number of hydrogen-bond donors (Lipinski definition) is 3. The van der Waals surface area contributed by atoms with Gasteiger partial charge < -0.3 is 20.1 Å². The zero-order valence-corrected chi connectivity index (χ0v) is 20.1. The minimum absolute atomic E-state index is 0.0576. The van der Waals surface area contributed by atoms with E-state index in [0.717, 1.165) is 29.7 Å². The number of aromatic nitrogens is 3. The van der Waals surface area contributed by atoms with Crippen LogP contribution in [0.4, 0.5) is 0 Å². The summed E-state index contributed by atoms with van der Waals surface area (Å²) in [6.07, 6.45) is 3.65. The number of hydrogen-bond acceptors (Lipinski definition) is 6. The lowest BCUT2D eigenvalue weighted by molar-refractivity contribution is 0.0931. The van der Waals surface area contributed by atoms with Crippen LogP contribution in [0.3, 0.4) is 0 Å². The number of para-hydroxylation sites is 1. The van der Waals surface area contributed by atoms with Gasteiger partial charge in [-0.25, -0.2) is 4.98 Å². The Morgan fingerprint density at radius 2 is 1.86 bits per heavy atom. The van der Waals surface area contributed by atoms with Crippen molar-refractivity contribution in [3.05, 3.63) is 72.1 Å². The molecule has 0 spiro atoms. The van der Waals surface area contributed by atoms with Crippen LogP contribution in [0.1, 0.15) is 33.7 Å². The maximum atomic E-state index is 13.1. The fourth-order valence-electron chi connectivity index (χ4n) is 4.09. The highest BCUT2D eigenvalue weighted by Gasteiger charge is 2.44. The molecular weight excluding hydrogens is 458 g/mol. The van der Waals surface area contributed by atoms with Crippen LogP contribution in [0.5, 0.6) is 11.6 Å². The first kappa shape index (κ1) is 23.3. The molecule has 0 bridgehead atoms. The molecule has 0 unspecified atom stereocenters. The maximum Gasteiger partial charge on any atom is 0.272 e. The summed E-state index contributed by atoms with van der Waals surface area (Å²) in [5.41, 5.74) is 2.91. The lowest BCUT2D eigenvalue weighted by Gasteiger charge is -2.18. The summed E-state index contributed by atoms with van der Waals surface area (Å²) < 4.78 is 11.3. The van der Waals surface area contributed by atoms with Gasteiger partial charge >= 0.3 is 0 Å². The molecule has 9 nitrogen and oxygen atoms in total.